The van der Waals surface area contributed by atoms with Gasteiger partial charge in [-0.3, -0.25) is 9.59 Å². The largest absolute Gasteiger partial charge is 0.481 e. The molecular formula is C14H26N2O5S. The highest BCUT2D eigenvalue weighted by Crippen LogP contribution is 2.26. The van der Waals surface area contributed by atoms with Gasteiger partial charge in [0.1, 0.15) is 0 Å². The lowest BCUT2D eigenvalue weighted by Crippen LogP contribution is -2.51. The van der Waals surface area contributed by atoms with Gasteiger partial charge < -0.3 is 10.0 Å². The van der Waals surface area contributed by atoms with Crippen LogP contribution in [0.2, 0.25) is 0 Å². The first-order valence-electron chi connectivity index (χ1n) is 7.55. The fourth-order valence-corrected chi connectivity index (χ4v) is 4.09. The van der Waals surface area contributed by atoms with Gasteiger partial charge in [0.2, 0.25) is 15.9 Å². The zero-order valence-corrected chi connectivity index (χ0v) is 14.4. The van der Waals surface area contributed by atoms with Crippen molar-refractivity contribution in [2.75, 3.05) is 31.9 Å². The van der Waals surface area contributed by atoms with Gasteiger partial charge in [-0.2, -0.15) is 4.31 Å². The van der Waals surface area contributed by atoms with Crippen LogP contribution in [0.15, 0.2) is 0 Å². The summed E-state index contributed by atoms with van der Waals surface area (Å²) in [6, 6.07) is 0. The van der Waals surface area contributed by atoms with Crippen LogP contribution in [0.4, 0.5) is 0 Å². The minimum absolute atomic E-state index is 0.0659. The molecule has 8 heteroatoms. The Morgan fingerprint density at radius 2 is 1.64 bits per heavy atom. The van der Waals surface area contributed by atoms with Gasteiger partial charge in [0.15, 0.2) is 0 Å². The molecular weight excluding hydrogens is 308 g/mol. The minimum Gasteiger partial charge on any atom is -0.481 e. The molecule has 0 unspecified atom stereocenters. The number of sulfonamides is 1. The maximum absolute atomic E-state index is 12.2. The maximum Gasteiger partial charge on any atom is 0.303 e. The van der Waals surface area contributed by atoms with Crippen molar-refractivity contribution in [1.29, 1.82) is 0 Å². The molecule has 1 heterocycles. The number of hydrogen-bond donors (Lipinski definition) is 1. The molecule has 0 aromatic carbocycles. The molecule has 128 valence electrons. The fourth-order valence-electron chi connectivity index (χ4n) is 2.60. The van der Waals surface area contributed by atoms with E-state index in [9.17, 15) is 18.0 Å². The summed E-state index contributed by atoms with van der Waals surface area (Å²) in [4.78, 5) is 24.7. The Morgan fingerprint density at radius 1 is 1.09 bits per heavy atom. The van der Waals surface area contributed by atoms with Crippen molar-refractivity contribution in [2.45, 2.75) is 40.0 Å². The van der Waals surface area contributed by atoms with E-state index in [0.29, 0.717) is 32.6 Å². The molecule has 0 spiro atoms. The van der Waals surface area contributed by atoms with E-state index < -0.39 is 21.4 Å². The Hall–Kier alpha value is -1.15. The zero-order chi connectivity index (χ0) is 17.0. The summed E-state index contributed by atoms with van der Waals surface area (Å²) in [7, 11) is -3.22. The molecule has 0 saturated carbocycles. The molecule has 0 aliphatic carbocycles. The topological polar surface area (TPSA) is 95.0 Å². The summed E-state index contributed by atoms with van der Waals surface area (Å²) in [5.74, 6) is -0.904. The van der Waals surface area contributed by atoms with Crippen LogP contribution in [0.25, 0.3) is 0 Å². The first-order chi connectivity index (χ1) is 10.1. The van der Waals surface area contributed by atoms with Gasteiger partial charge >= 0.3 is 5.97 Å². The van der Waals surface area contributed by atoms with Gasteiger partial charge in [-0.05, 0) is 11.8 Å². The molecule has 0 radical (unpaired) electrons. The van der Waals surface area contributed by atoms with E-state index >= 15 is 0 Å². The summed E-state index contributed by atoms with van der Waals surface area (Å²) < 4.78 is 25.4. The third-order valence-electron chi connectivity index (χ3n) is 3.71. The van der Waals surface area contributed by atoms with Gasteiger partial charge in [0.25, 0.3) is 0 Å². The number of carbonyl (C=O) groups is 2. The van der Waals surface area contributed by atoms with Crippen LogP contribution >= 0.6 is 0 Å². The van der Waals surface area contributed by atoms with E-state index in [4.69, 9.17) is 5.11 Å². The second-order valence-electron chi connectivity index (χ2n) is 6.51. The Kier molecular flexibility index (Phi) is 6.37. The quantitative estimate of drug-likeness (QED) is 0.742. The van der Waals surface area contributed by atoms with Gasteiger partial charge in [0, 0.05) is 32.6 Å². The molecule has 22 heavy (non-hydrogen) atoms. The maximum atomic E-state index is 12.2. The van der Waals surface area contributed by atoms with Crippen molar-refractivity contribution < 1.29 is 23.1 Å². The molecule has 0 aromatic rings. The first-order valence-corrected chi connectivity index (χ1v) is 9.16. The van der Waals surface area contributed by atoms with Crippen LogP contribution in [-0.4, -0.2) is 66.5 Å². The molecule has 7 nitrogen and oxygen atoms in total. The van der Waals surface area contributed by atoms with Crippen molar-refractivity contribution >= 4 is 21.9 Å². The third kappa shape index (κ3) is 5.57. The Bertz CT molecular complexity index is 507. The van der Waals surface area contributed by atoms with Crippen molar-refractivity contribution in [1.82, 2.24) is 9.21 Å². The normalized spacial score (nSPS) is 17.5. The number of aliphatic carboxylic acids is 1. The number of carbonyl (C=O) groups excluding carboxylic acids is 1. The standard InChI is InChI=1S/C14H26N2O5S/c1-4-9-22(20,21)16-7-5-15(6-8-16)12(17)10-14(2,3)11-13(18)19/h4-11H2,1-3H3,(H,18,19). The van der Waals surface area contributed by atoms with Crippen molar-refractivity contribution in [3.8, 4) is 0 Å². The zero-order valence-electron chi connectivity index (χ0n) is 13.5. The van der Waals surface area contributed by atoms with E-state index in [1.54, 1.807) is 18.7 Å². The second kappa shape index (κ2) is 7.41. The van der Waals surface area contributed by atoms with Crippen molar-refractivity contribution in [2.24, 2.45) is 5.41 Å². The lowest BCUT2D eigenvalue weighted by molar-refractivity contribution is -0.141. The number of hydrogen-bond acceptors (Lipinski definition) is 4. The first kappa shape index (κ1) is 18.9. The summed E-state index contributed by atoms with van der Waals surface area (Å²) in [5, 5.41) is 8.85. The van der Waals surface area contributed by atoms with E-state index in [0.717, 1.165) is 0 Å². The van der Waals surface area contributed by atoms with E-state index in [2.05, 4.69) is 0 Å². The molecule has 1 aliphatic rings. The lowest BCUT2D eigenvalue weighted by atomic mass is 9.85. The molecule has 1 saturated heterocycles. The molecule has 1 N–H and O–H groups in total. The summed E-state index contributed by atoms with van der Waals surface area (Å²) in [6.45, 7) is 6.68. The highest BCUT2D eigenvalue weighted by atomic mass is 32.2. The van der Waals surface area contributed by atoms with Crippen molar-refractivity contribution in [3.05, 3.63) is 0 Å². The summed E-state index contributed by atoms with van der Waals surface area (Å²) in [5.41, 5.74) is -0.603. The summed E-state index contributed by atoms with van der Waals surface area (Å²) in [6.07, 6.45) is 0.662. The van der Waals surface area contributed by atoms with E-state index in [1.807, 2.05) is 6.92 Å². The van der Waals surface area contributed by atoms with Gasteiger partial charge in [-0.1, -0.05) is 20.8 Å². The third-order valence-corrected chi connectivity index (χ3v) is 5.78. The summed E-state index contributed by atoms with van der Waals surface area (Å²) >= 11 is 0. The number of carboxylic acid groups (broad SMARTS) is 1. The molecule has 0 aromatic heterocycles. The monoisotopic (exact) mass is 334 g/mol. The minimum atomic E-state index is -3.22. The Morgan fingerprint density at radius 3 is 2.09 bits per heavy atom. The van der Waals surface area contributed by atoms with Crippen LogP contribution in [0, 0.1) is 5.41 Å². The number of amides is 1. The molecule has 1 amide bonds. The fraction of sp³-hybridized carbons (Fsp3) is 0.857. The molecule has 1 aliphatic heterocycles. The highest BCUT2D eigenvalue weighted by molar-refractivity contribution is 7.89. The molecule has 1 rings (SSSR count). The Balaban J connectivity index is 2.54. The number of nitrogens with zero attached hydrogens (tertiary/aromatic N) is 2. The van der Waals surface area contributed by atoms with Gasteiger partial charge in [0.05, 0.1) is 12.2 Å². The van der Waals surface area contributed by atoms with Crippen LogP contribution in [0.5, 0.6) is 0 Å². The van der Waals surface area contributed by atoms with Gasteiger partial charge in [-0.25, -0.2) is 8.42 Å². The molecule has 0 atom stereocenters. The van der Waals surface area contributed by atoms with E-state index in [1.165, 1.54) is 4.31 Å². The van der Waals surface area contributed by atoms with Gasteiger partial charge in [-0.15, -0.1) is 0 Å². The van der Waals surface area contributed by atoms with Crippen LogP contribution in [0.1, 0.15) is 40.0 Å². The Labute approximate surface area is 132 Å². The van der Waals surface area contributed by atoms with Crippen LogP contribution < -0.4 is 0 Å². The SMILES string of the molecule is CCCS(=O)(=O)N1CCN(C(=O)CC(C)(C)CC(=O)O)CC1. The number of carboxylic acids is 1. The smallest absolute Gasteiger partial charge is 0.303 e. The number of piperazine rings is 1. The highest BCUT2D eigenvalue weighted by Gasteiger charge is 2.31. The van der Waals surface area contributed by atoms with Crippen LogP contribution in [-0.2, 0) is 19.6 Å². The van der Waals surface area contributed by atoms with Crippen LogP contribution in [0.3, 0.4) is 0 Å². The molecule has 1 fully saturated rings. The predicted molar refractivity (Wildman–Crippen MR) is 82.9 cm³/mol. The average molecular weight is 334 g/mol. The lowest BCUT2D eigenvalue weighted by Gasteiger charge is -2.35. The number of rotatable bonds is 7. The molecule has 0 bridgehead atoms. The van der Waals surface area contributed by atoms with Crippen molar-refractivity contribution in [3.63, 3.8) is 0 Å². The second-order valence-corrected chi connectivity index (χ2v) is 8.60. The predicted octanol–water partition coefficient (Wildman–Crippen LogP) is 0.761. The van der Waals surface area contributed by atoms with E-state index in [-0.39, 0.29) is 24.5 Å². The average Bonchev–Trinajstić information content (AvgIpc) is 2.36.